The number of ether oxygens (including phenoxy) is 1. The summed E-state index contributed by atoms with van der Waals surface area (Å²) in [4.78, 5) is 22.7. The minimum atomic E-state index is -2.79. The molecule has 2 atom stereocenters. The van der Waals surface area contributed by atoms with Crippen LogP contribution >= 0.6 is 0 Å². The first kappa shape index (κ1) is 17.8. The van der Waals surface area contributed by atoms with E-state index in [2.05, 4.69) is 5.32 Å². The van der Waals surface area contributed by atoms with Crippen molar-refractivity contribution in [2.24, 2.45) is 0 Å². The van der Waals surface area contributed by atoms with Gasteiger partial charge in [-0.1, -0.05) is 25.7 Å². The maximum atomic E-state index is 12.3. The molecule has 1 saturated carbocycles. The highest BCUT2D eigenvalue weighted by atomic mass is 19.3. The molecule has 1 fully saturated rings. The first-order valence-electron chi connectivity index (χ1n) is 7.37. The molecule has 21 heavy (non-hydrogen) atoms. The van der Waals surface area contributed by atoms with Crippen molar-refractivity contribution in [2.75, 3.05) is 0 Å². The number of hydrogen-bond acceptors (Lipinski definition) is 3. The van der Waals surface area contributed by atoms with Crippen LogP contribution in [0, 0.1) is 0 Å². The van der Waals surface area contributed by atoms with Gasteiger partial charge in [-0.2, -0.15) is 0 Å². The molecule has 2 unspecified atom stereocenters. The fourth-order valence-electron chi connectivity index (χ4n) is 2.42. The molecule has 1 rings (SSSR count). The summed E-state index contributed by atoms with van der Waals surface area (Å²) in [5.41, 5.74) is 0. The molecular weight excluding hydrogens is 284 g/mol. The molecule has 0 heterocycles. The predicted octanol–water partition coefficient (Wildman–Crippen LogP) is 2.34. The van der Waals surface area contributed by atoms with E-state index >= 15 is 0 Å². The third kappa shape index (κ3) is 6.84. The first-order chi connectivity index (χ1) is 9.90. The number of aliphatic carboxylic acids is 1. The van der Waals surface area contributed by atoms with Crippen LogP contribution in [0.15, 0.2) is 0 Å². The summed E-state index contributed by atoms with van der Waals surface area (Å²) in [6, 6.07) is -1.59. The van der Waals surface area contributed by atoms with Gasteiger partial charge < -0.3 is 15.2 Å². The SMILES string of the molecule is CC(OC1CCCCCC1)C(=O)NC(CC(F)F)C(=O)O. The van der Waals surface area contributed by atoms with Crippen LogP contribution in [0.5, 0.6) is 0 Å². The van der Waals surface area contributed by atoms with E-state index in [4.69, 9.17) is 9.84 Å². The molecule has 0 aromatic carbocycles. The molecule has 0 aromatic rings. The van der Waals surface area contributed by atoms with Gasteiger partial charge in [0.25, 0.3) is 0 Å². The number of halogens is 2. The Balaban J connectivity index is 2.46. The number of carbonyl (C=O) groups excluding carboxylic acids is 1. The maximum absolute atomic E-state index is 12.3. The fraction of sp³-hybridized carbons (Fsp3) is 0.857. The molecule has 0 saturated heterocycles. The lowest BCUT2D eigenvalue weighted by Gasteiger charge is -2.22. The number of rotatable bonds is 7. The number of nitrogens with one attached hydrogen (secondary N) is 1. The van der Waals surface area contributed by atoms with Gasteiger partial charge in [-0.15, -0.1) is 0 Å². The number of carboxylic acids is 1. The van der Waals surface area contributed by atoms with Gasteiger partial charge in [0.1, 0.15) is 12.1 Å². The smallest absolute Gasteiger partial charge is 0.326 e. The van der Waals surface area contributed by atoms with Crippen molar-refractivity contribution in [1.82, 2.24) is 5.32 Å². The maximum Gasteiger partial charge on any atom is 0.326 e. The van der Waals surface area contributed by atoms with Crippen molar-refractivity contribution >= 4 is 11.9 Å². The van der Waals surface area contributed by atoms with E-state index < -0.39 is 36.9 Å². The largest absolute Gasteiger partial charge is 0.480 e. The van der Waals surface area contributed by atoms with Gasteiger partial charge in [0, 0.05) is 6.42 Å². The Morgan fingerprint density at radius 2 is 1.81 bits per heavy atom. The quantitative estimate of drug-likeness (QED) is 0.708. The summed E-state index contributed by atoms with van der Waals surface area (Å²) in [7, 11) is 0. The monoisotopic (exact) mass is 307 g/mol. The lowest BCUT2D eigenvalue weighted by molar-refractivity contribution is -0.146. The predicted molar refractivity (Wildman–Crippen MR) is 72.2 cm³/mol. The van der Waals surface area contributed by atoms with E-state index in [1.54, 1.807) is 0 Å². The van der Waals surface area contributed by atoms with Gasteiger partial charge in [-0.05, 0) is 19.8 Å². The van der Waals surface area contributed by atoms with Crippen LogP contribution in [0.3, 0.4) is 0 Å². The average molecular weight is 307 g/mol. The number of amides is 1. The Bertz CT molecular complexity index is 344. The van der Waals surface area contributed by atoms with Crippen LogP contribution < -0.4 is 5.32 Å². The van der Waals surface area contributed by atoms with Crippen LogP contribution in [0.25, 0.3) is 0 Å². The van der Waals surface area contributed by atoms with Gasteiger partial charge in [0.05, 0.1) is 6.10 Å². The Hall–Kier alpha value is -1.24. The van der Waals surface area contributed by atoms with E-state index in [9.17, 15) is 18.4 Å². The second-order valence-electron chi connectivity index (χ2n) is 5.42. The van der Waals surface area contributed by atoms with E-state index in [0.29, 0.717) is 0 Å². The van der Waals surface area contributed by atoms with E-state index in [0.717, 1.165) is 38.5 Å². The second-order valence-corrected chi connectivity index (χ2v) is 5.42. The molecule has 0 spiro atoms. The zero-order valence-corrected chi connectivity index (χ0v) is 12.2. The summed E-state index contributed by atoms with van der Waals surface area (Å²) >= 11 is 0. The highest BCUT2D eigenvalue weighted by Crippen LogP contribution is 2.21. The van der Waals surface area contributed by atoms with Crippen molar-refractivity contribution in [3.05, 3.63) is 0 Å². The Kier molecular flexibility index (Phi) is 7.56. The van der Waals surface area contributed by atoms with Crippen molar-refractivity contribution in [1.29, 1.82) is 0 Å². The third-order valence-electron chi connectivity index (χ3n) is 3.60. The molecule has 1 aliphatic carbocycles. The van der Waals surface area contributed by atoms with Crippen molar-refractivity contribution < 1.29 is 28.2 Å². The van der Waals surface area contributed by atoms with Crippen molar-refractivity contribution in [3.8, 4) is 0 Å². The molecule has 0 radical (unpaired) electrons. The van der Waals surface area contributed by atoms with E-state index in [-0.39, 0.29) is 6.10 Å². The van der Waals surface area contributed by atoms with Crippen LogP contribution in [0.1, 0.15) is 51.9 Å². The molecule has 2 N–H and O–H groups in total. The van der Waals surface area contributed by atoms with Crippen LogP contribution in [0.2, 0.25) is 0 Å². The van der Waals surface area contributed by atoms with Gasteiger partial charge in [-0.25, -0.2) is 13.6 Å². The zero-order chi connectivity index (χ0) is 15.8. The molecule has 5 nitrogen and oxygen atoms in total. The number of hydrogen-bond donors (Lipinski definition) is 2. The number of alkyl halides is 2. The summed E-state index contributed by atoms with van der Waals surface area (Å²) in [5, 5.41) is 10.9. The second kappa shape index (κ2) is 8.92. The summed E-state index contributed by atoms with van der Waals surface area (Å²) < 4.78 is 30.2. The molecule has 0 aliphatic heterocycles. The summed E-state index contributed by atoms with van der Waals surface area (Å²) in [5.74, 6) is -2.13. The Morgan fingerprint density at radius 3 is 2.29 bits per heavy atom. The van der Waals surface area contributed by atoms with E-state index in [1.165, 1.54) is 6.92 Å². The highest BCUT2D eigenvalue weighted by Gasteiger charge is 2.27. The Labute approximate surface area is 123 Å². The van der Waals surface area contributed by atoms with Crippen LogP contribution in [-0.4, -0.2) is 41.7 Å². The molecule has 1 aliphatic rings. The van der Waals surface area contributed by atoms with Gasteiger partial charge in [0.15, 0.2) is 0 Å². The topological polar surface area (TPSA) is 75.6 Å². The van der Waals surface area contributed by atoms with Gasteiger partial charge in [-0.3, -0.25) is 4.79 Å². The standard InChI is InChI=1S/C14H23F2NO4/c1-9(21-10-6-4-2-3-5-7-10)13(18)17-11(14(19)20)8-12(15)16/h9-12H,2-8H2,1H3,(H,17,18)(H,19,20). The molecule has 122 valence electrons. The average Bonchev–Trinajstić information content (AvgIpc) is 2.65. The highest BCUT2D eigenvalue weighted by molar-refractivity contribution is 5.86. The van der Waals surface area contributed by atoms with Crippen LogP contribution in [0.4, 0.5) is 8.78 Å². The molecule has 0 aromatic heterocycles. The Morgan fingerprint density at radius 1 is 1.24 bits per heavy atom. The van der Waals surface area contributed by atoms with Gasteiger partial charge in [0.2, 0.25) is 12.3 Å². The minimum absolute atomic E-state index is 0.0216. The lowest BCUT2D eigenvalue weighted by Crippen LogP contribution is -2.47. The molecular formula is C14H23F2NO4. The third-order valence-corrected chi connectivity index (χ3v) is 3.60. The fourth-order valence-corrected chi connectivity index (χ4v) is 2.42. The summed E-state index contributed by atoms with van der Waals surface area (Å²) in [6.45, 7) is 1.52. The van der Waals surface area contributed by atoms with Crippen molar-refractivity contribution in [2.45, 2.75) is 76.5 Å². The first-order valence-corrected chi connectivity index (χ1v) is 7.37. The normalized spacial score (nSPS) is 19.8. The zero-order valence-electron chi connectivity index (χ0n) is 12.2. The van der Waals surface area contributed by atoms with Gasteiger partial charge >= 0.3 is 5.97 Å². The minimum Gasteiger partial charge on any atom is -0.480 e. The van der Waals surface area contributed by atoms with E-state index in [1.807, 2.05) is 0 Å². The number of carbonyl (C=O) groups is 2. The molecule has 0 bridgehead atoms. The molecule has 1 amide bonds. The number of carboxylic acid groups (broad SMARTS) is 1. The summed E-state index contributed by atoms with van der Waals surface area (Å²) in [6.07, 6.45) is 1.57. The van der Waals surface area contributed by atoms with Crippen molar-refractivity contribution in [3.63, 3.8) is 0 Å². The molecule has 7 heteroatoms. The van der Waals surface area contributed by atoms with Crippen LogP contribution in [-0.2, 0) is 14.3 Å². The lowest BCUT2D eigenvalue weighted by atomic mass is 10.1.